The van der Waals surface area contributed by atoms with Crippen molar-refractivity contribution in [1.29, 1.82) is 0 Å². The number of nitrogens with zero attached hydrogens (tertiary/aromatic N) is 3. The van der Waals surface area contributed by atoms with E-state index in [9.17, 15) is 22.8 Å². The number of halogens is 3. The number of carboxylic acid groups (broad SMARTS) is 1. The molecule has 0 unspecified atom stereocenters. The Morgan fingerprint density at radius 2 is 1.85 bits per heavy atom. The number of carbonyl (C=O) groups is 2. The molecule has 0 atom stereocenters. The third kappa shape index (κ3) is 5.12. The zero-order valence-electron chi connectivity index (χ0n) is 14.8. The highest BCUT2D eigenvalue weighted by Crippen LogP contribution is 2.29. The van der Waals surface area contributed by atoms with Gasteiger partial charge in [0.05, 0.1) is 0 Å². The van der Waals surface area contributed by atoms with Crippen molar-refractivity contribution >= 4 is 12.1 Å². The minimum Gasteiger partial charge on any atom is -0.477 e. The van der Waals surface area contributed by atoms with Crippen molar-refractivity contribution in [3.8, 4) is 0 Å². The molecule has 1 aromatic rings. The predicted molar refractivity (Wildman–Crippen MR) is 84.7 cm³/mol. The highest BCUT2D eigenvalue weighted by Gasteiger charge is 2.36. The van der Waals surface area contributed by atoms with Crippen LogP contribution in [0.4, 0.5) is 18.0 Å². The molecule has 0 saturated carbocycles. The molecular formula is C16H22F3N3O4. The van der Waals surface area contributed by atoms with Crippen LogP contribution in [0.5, 0.6) is 0 Å². The molecule has 0 spiro atoms. The number of carboxylic acids is 1. The lowest BCUT2D eigenvalue weighted by Crippen LogP contribution is -2.42. The summed E-state index contributed by atoms with van der Waals surface area (Å²) < 4.78 is 44.5. The van der Waals surface area contributed by atoms with Gasteiger partial charge < -0.3 is 14.7 Å². The van der Waals surface area contributed by atoms with Gasteiger partial charge in [-0.25, -0.2) is 9.59 Å². The summed E-state index contributed by atoms with van der Waals surface area (Å²) in [5.74, 6) is -1.54. The van der Waals surface area contributed by atoms with E-state index in [1.54, 1.807) is 25.7 Å². The molecule has 1 amide bonds. The predicted octanol–water partition coefficient (Wildman–Crippen LogP) is 3.25. The molecule has 0 aromatic carbocycles. The number of alkyl halides is 3. The molecule has 2 rings (SSSR count). The number of piperidine rings is 1. The summed E-state index contributed by atoms with van der Waals surface area (Å²) in [5, 5.41) is 12.5. The summed E-state index contributed by atoms with van der Waals surface area (Å²) in [6.45, 7) is 6.15. The van der Waals surface area contributed by atoms with E-state index in [0.717, 1.165) is 4.68 Å². The smallest absolute Gasteiger partial charge is 0.435 e. The normalized spacial score (nSPS) is 16.6. The molecule has 1 saturated heterocycles. The van der Waals surface area contributed by atoms with Gasteiger partial charge in [0.25, 0.3) is 0 Å². The maximum Gasteiger partial charge on any atom is 0.435 e. The number of rotatable bonds is 3. The van der Waals surface area contributed by atoms with E-state index in [4.69, 9.17) is 9.84 Å². The van der Waals surface area contributed by atoms with Gasteiger partial charge in [-0.1, -0.05) is 0 Å². The Morgan fingerprint density at radius 3 is 2.31 bits per heavy atom. The van der Waals surface area contributed by atoms with E-state index in [1.807, 2.05) is 0 Å². The molecule has 0 bridgehead atoms. The van der Waals surface area contributed by atoms with E-state index in [1.165, 1.54) is 0 Å². The molecule has 146 valence electrons. The van der Waals surface area contributed by atoms with E-state index in [0.29, 0.717) is 32.0 Å². The van der Waals surface area contributed by atoms with E-state index in [2.05, 4.69) is 5.10 Å². The summed E-state index contributed by atoms with van der Waals surface area (Å²) in [7, 11) is 0. The van der Waals surface area contributed by atoms with Crippen molar-refractivity contribution in [2.75, 3.05) is 13.1 Å². The minimum atomic E-state index is -4.70. The maximum absolute atomic E-state index is 12.8. The van der Waals surface area contributed by atoms with Crippen LogP contribution in [0.25, 0.3) is 0 Å². The number of carbonyl (C=O) groups excluding carboxylic acids is 1. The molecule has 26 heavy (non-hydrogen) atoms. The van der Waals surface area contributed by atoms with Crippen molar-refractivity contribution in [3.63, 3.8) is 0 Å². The monoisotopic (exact) mass is 377 g/mol. The third-order valence-corrected chi connectivity index (χ3v) is 3.99. The minimum absolute atomic E-state index is 0.0554. The zero-order chi connectivity index (χ0) is 19.7. The molecule has 1 aromatic heterocycles. The van der Waals surface area contributed by atoms with Crippen LogP contribution in [0.15, 0.2) is 6.07 Å². The van der Waals surface area contributed by atoms with Gasteiger partial charge in [0.2, 0.25) is 0 Å². The first-order valence-electron chi connectivity index (χ1n) is 8.23. The quantitative estimate of drug-likeness (QED) is 0.874. The number of hydrogen-bond acceptors (Lipinski definition) is 4. The Hall–Kier alpha value is -2.26. The van der Waals surface area contributed by atoms with Crippen molar-refractivity contribution in [1.82, 2.24) is 14.7 Å². The first kappa shape index (κ1) is 20.1. The fourth-order valence-electron chi connectivity index (χ4n) is 2.74. The van der Waals surface area contributed by atoms with Crippen LogP contribution in [0.3, 0.4) is 0 Å². The van der Waals surface area contributed by atoms with Crippen LogP contribution in [-0.4, -0.2) is 50.5 Å². The van der Waals surface area contributed by atoms with Crippen molar-refractivity contribution in [2.45, 2.75) is 51.9 Å². The molecule has 1 aliphatic rings. The van der Waals surface area contributed by atoms with E-state index in [-0.39, 0.29) is 12.5 Å². The van der Waals surface area contributed by atoms with Gasteiger partial charge in [-0.2, -0.15) is 18.3 Å². The lowest BCUT2D eigenvalue weighted by Gasteiger charge is -2.33. The number of aromatic carboxylic acids is 1. The lowest BCUT2D eigenvalue weighted by atomic mass is 9.97. The lowest BCUT2D eigenvalue weighted by molar-refractivity contribution is -0.141. The second kappa shape index (κ2) is 7.16. The average Bonchev–Trinajstić information content (AvgIpc) is 2.90. The Morgan fingerprint density at radius 1 is 1.27 bits per heavy atom. The van der Waals surface area contributed by atoms with Gasteiger partial charge in [-0.05, 0) is 39.5 Å². The van der Waals surface area contributed by atoms with Gasteiger partial charge >= 0.3 is 18.2 Å². The van der Waals surface area contributed by atoms with Crippen molar-refractivity contribution in [2.24, 2.45) is 5.92 Å². The van der Waals surface area contributed by atoms with Crippen LogP contribution < -0.4 is 0 Å². The van der Waals surface area contributed by atoms with Gasteiger partial charge in [0.1, 0.15) is 11.3 Å². The molecule has 2 heterocycles. The SMILES string of the molecule is CC(C)(C)OC(=O)N1CCC(Cn2nc(C(F)(F)F)cc2C(=O)O)CC1. The summed E-state index contributed by atoms with van der Waals surface area (Å²) in [6, 6.07) is 0.540. The molecule has 0 aliphatic carbocycles. The van der Waals surface area contributed by atoms with E-state index >= 15 is 0 Å². The number of hydrogen-bond donors (Lipinski definition) is 1. The van der Waals surface area contributed by atoms with Crippen molar-refractivity contribution < 1.29 is 32.6 Å². The number of likely N-dealkylation sites (tertiary alicyclic amines) is 1. The number of ether oxygens (including phenoxy) is 1. The van der Waals surface area contributed by atoms with Gasteiger partial charge in [-0.15, -0.1) is 0 Å². The summed E-state index contributed by atoms with van der Waals surface area (Å²) in [6.07, 6.45) is -4.07. The van der Waals surface area contributed by atoms with Crippen LogP contribution in [0, 0.1) is 5.92 Å². The van der Waals surface area contributed by atoms with Gasteiger partial charge in [0, 0.05) is 25.7 Å². The maximum atomic E-state index is 12.8. The van der Waals surface area contributed by atoms with Crippen LogP contribution >= 0.6 is 0 Å². The first-order chi connectivity index (χ1) is 11.9. The number of amides is 1. The standard InChI is InChI=1S/C16H22F3N3O4/c1-15(2,3)26-14(25)21-6-4-10(5-7-21)9-22-11(13(23)24)8-12(20-22)16(17,18)19/h8,10H,4-7,9H2,1-3H3,(H,23,24). The van der Waals surface area contributed by atoms with Crippen LogP contribution in [-0.2, 0) is 17.5 Å². The Bertz CT molecular complexity index is 671. The second-order valence-corrected chi connectivity index (χ2v) is 7.31. The third-order valence-electron chi connectivity index (χ3n) is 3.99. The fraction of sp³-hybridized carbons (Fsp3) is 0.688. The molecular weight excluding hydrogens is 355 g/mol. The summed E-state index contributed by atoms with van der Waals surface area (Å²) in [5.41, 5.74) is -2.32. The Kier molecular flexibility index (Phi) is 5.52. The topological polar surface area (TPSA) is 84.7 Å². The highest BCUT2D eigenvalue weighted by molar-refractivity contribution is 5.85. The van der Waals surface area contributed by atoms with Crippen LogP contribution in [0.2, 0.25) is 0 Å². The molecule has 0 radical (unpaired) electrons. The van der Waals surface area contributed by atoms with E-state index < -0.39 is 35.2 Å². The molecule has 1 fully saturated rings. The second-order valence-electron chi connectivity index (χ2n) is 7.31. The Balaban J connectivity index is 2.00. The first-order valence-corrected chi connectivity index (χ1v) is 8.23. The Labute approximate surface area is 148 Å². The largest absolute Gasteiger partial charge is 0.477 e. The van der Waals surface area contributed by atoms with Crippen LogP contribution in [0.1, 0.15) is 49.8 Å². The van der Waals surface area contributed by atoms with Gasteiger partial charge in [0.15, 0.2) is 5.69 Å². The average molecular weight is 377 g/mol. The molecule has 7 nitrogen and oxygen atoms in total. The van der Waals surface area contributed by atoms with Crippen molar-refractivity contribution in [3.05, 3.63) is 17.5 Å². The summed E-state index contributed by atoms with van der Waals surface area (Å²) in [4.78, 5) is 24.7. The highest BCUT2D eigenvalue weighted by atomic mass is 19.4. The zero-order valence-corrected chi connectivity index (χ0v) is 14.8. The number of aromatic nitrogens is 2. The molecule has 10 heteroatoms. The van der Waals surface area contributed by atoms with Gasteiger partial charge in [-0.3, -0.25) is 4.68 Å². The summed E-state index contributed by atoms with van der Waals surface area (Å²) >= 11 is 0. The molecule has 1 N–H and O–H groups in total. The fourth-order valence-corrected chi connectivity index (χ4v) is 2.74. The molecule has 1 aliphatic heterocycles.